The zero-order valence-corrected chi connectivity index (χ0v) is 34.6. The number of rotatable bonds is 5. The summed E-state index contributed by atoms with van der Waals surface area (Å²) in [4.78, 5) is 7.07. The maximum atomic E-state index is 6.38. The molecule has 0 N–H and O–H groups in total. The van der Waals surface area contributed by atoms with Crippen LogP contribution in [0.2, 0.25) is 0 Å². The summed E-state index contributed by atoms with van der Waals surface area (Å²) in [5.41, 5.74) is 20.7. The van der Waals surface area contributed by atoms with Crippen molar-refractivity contribution in [3.8, 4) is 39.1 Å². The van der Waals surface area contributed by atoms with E-state index in [2.05, 4.69) is 221 Å². The average Bonchev–Trinajstić information content (AvgIpc) is 4.09. The molecule has 9 aromatic carbocycles. The Bertz CT molecular complexity index is 3810. The second kappa shape index (κ2) is 13.3. The molecule has 3 heterocycles. The van der Waals surface area contributed by atoms with Gasteiger partial charge in [-0.05, 0) is 117 Å². The molecule has 2 aliphatic rings. The third kappa shape index (κ3) is 4.69. The lowest BCUT2D eigenvalue weighted by Crippen LogP contribution is -2.26. The second-order valence-electron chi connectivity index (χ2n) is 17.0. The van der Waals surface area contributed by atoms with Crippen LogP contribution in [0.25, 0.3) is 82.8 Å². The molecular weight excluding hydrogens is 779 g/mol. The second-order valence-corrected chi connectivity index (χ2v) is 17.0. The summed E-state index contributed by atoms with van der Waals surface area (Å²) in [6.07, 6.45) is 3.90. The van der Waals surface area contributed by atoms with Crippen LogP contribution in [-0.2, 0) is 5.41 Å². The lowest BCUT2D eigenvalue weighted by atomic mass is 9.70. The molecule has 0 atom stereocenters. The molecule has 0 bridgehead atoms. The lowest BCUT2D eigenvalue weighted by Gasteiger charge is -2.32. The van der Waals surface area contributed by atoms with Crippen molar-refractivity contribution in [1.29, 1.82) is 0 Å². The summed E-state index contributed by atoms with van der Waals surface area (Å²) < 4.78 is 8.74. The van der Waals surface area contributed by atoms with Gasteiger partial charge in [-0.1, -0.05) is 146 Å². The van der Waals surface area contributed by atoms with E-state index in [9.17, 15) is 0 Å². The van der Waals surface area contributed by atoms with E-state index in [1.807, 2.05) is 18.5 Å². The summed E-state index contributed by atoms with van der Waals surface area (Å²) >= 11 is 0. The van der Waals surface area contributed by atoms with Crippen molar-refractivity contribution in [3.05, 3.63) is 247 Å². The van der Waals surface area contributed by atoms with Crippen LogP contribution < -0.4 is 4.90 Å². The van der Waals surface area contributed by atoms with Crippen LogP contribution in [0.15, 0.2) is 229 Å². The zero-order chi connectivity index (χ0) is 41.9. The van der Waals surface area contributed by atoms with Gasteiger partial charge in [0.15, 0.2) is 0 Å². The molecule has 0 saturated heterocycles. The third-order valence-corrected chi connectivity index (χ3v) is 13.9. The van der Waals surface area contributed by atoms with Gasteiger partial charge >= 0.3 is 0 Å². The minimum atomic E-state index is -0.457. The van der Waals surface area contributed by atoms with E-state index in [-0.39, 0.29) is 0 Å². The third-order valence-electron chi connectivity index (χ3n) is 13.9. The van der Waals surface area contributed by atoms with Crippen molar-refractivity contribution in [1.82, 2.24) is 9.55 Å². The SMILES string of the molecule is c1ccc(-n2c3ccncc3c3c(-c4ccc(N(c5ccc6oc7ccccc7c6c5)c5cccc6c5-c5ccccc5C65c6ccccc6-c6ccccc65)cc4)cccc32)cc1. The van der Waals surface area contributed by atoms with E-state index < -0.39 is 5.41 Å². The van der Waals surface area contributed by atoms with Gasteiger partial charge in [-0.25, -0.2) is 0 Å². The first kappa shape index (κ1) is 35.2. The molecule has 2 aliphatic carbocycles. The Labute approximate surface area is 369 Å². The molecule has 4 nitrogen and oxygen atoms in total. The van der Waals surface area contributed by atoms with Crippen LogP contribution in [0.1, 0.15) is 22.3 Å². The van der Waals surface area contributed by atoms with Gasteiger partial charge in [-0.3, -0.25) is 4.98 Å². The molecule has 0 fully saturated rings. The quantitative estimate of drug-likeness (QED) is 0.174. The Morgan fingerprint density at radius 3 is 1.86 bits per heavy atom. The number of anilines is 3. The molecule has 0 radical (unpaired) electrons. The molecule has 1 spiro atoms. The molecule has 298 valence electrons. The highest BCUT2D eigenvalue weighted by atomic mass is 16.3. The van der Waals surface area contributed by atoms with E-state index in [0.717, 1.165) is 66.7 Å². The summed E-state index contributed by atoms with van der Waals surface area (Å²) in [5.74, 6) is 0. The molecule has 12 aromatic rings. The van der Waals surface area contributed by atoms with Gasteiger partial charge in [0.2, 0.25) is 0 Å². The Morgan fingerprint density at radius 2 is 1.06 bits per heavy atom. The minimum Gasteiger partial charge on any atom is -0.456 e. The first-order valence-corrected chi connectivity index (χ1v) is 21.9. The van der Waals surface area contributed by atoms with Crippen LogP contribution in [0.5, 0.6) is 0 Å². The highest BCUT2D eigenvalue weighted by Crippen LogP contribution is 2.64. The predicted octanol–water partition coefficient (Wildman–Crippen LogP) is 15.6. The molecule has 64 heavy (non-hydrogen) atoms. The number of hydrogen-bond acceptors (Lipinski definition) is 3. The zero-order valence-electron chi connectivity index (χ0n) is 34.6. The largest absolute Gasteiger partial charge is 0.456 e. The van der Waals surface area contributed by atoms with Gasteiger partial charge in [-0.15, -0.1) is 0 Å². The van der Waals surface area contributed by atoms with E-state index in [4.69, 9.17) is 4.42 Å². The van der Waals surface area contributed by atoms with Gasteiger partial charge in [0, 0.05) is 56.6 Å². The topological polar surface area (TPSA) is 34.2 Å². The minimum absolute atomic E-state index is 0.457. The first-order chi connectivity index (χ1) is 31.8. The molecular formula is C60H37N3O. The summed E-state index contributed by atoms with van der Waals surface area (Å²) in [5, 5.41) is 4.52. The van der Waals surface area contributed by atoms with E-state index in [1.54, 1.807) is 0 Å². The highest BCUT2D eigenvalue weighted by molar-refractivity contribution is 6.15. The number of hydrogen-bond donors (Lipinski definition) is 0. The smallest absolute Gasteiger partial charge is 0.135 e. The first-order valence-electron chi connectivity index (χ1n) is 21.9. The summed E-state index contributed by atoms with van der Waals surface area (Å²) in [6.45, 7) is 0. The Morgan fingerprint density at radius 1 is 0.438 bits per heavy atom. The van der Waals surface area contributed by atoms with Crippen LogP contribution in [-0.4, -0.2) is 9.55 Å². The van der Waals surface area contributed by atoms with Crippen molar-refractivity contribution in [2.24, 2.45) is 0 Å². The molecule has 0 amide bonds. The fourth-order valence-electron chi connectivity index (χ4n) is 11.4. The molecule has 3 aromatic heterocycles. The van der Waals surface area contributed by atoms with E-state index in [0.29, 0.717) is 0 Å². The number of para-hydroxylation sites is 2. The van der Waals surface area contributed by atoms with Gasteiger partial charge in [0.05, 0.1) is 22.1 Å². The molecule has 4 heteroatoms. The number of aromatic nitrogens is 2. The lowest BCUT2D eigenvalue weighted by molar-refractivity contribution is 0.669. The summed E-state index contributed by atoms with van der Waals surface area (Å²) in [6, 6.07) is 77.5. The monoisotopic (exact) mass is 815 g/mol. The van der Waals surface area contributed by atoms with Crippen LogP contribution >= 0.6 is 0 Å². The average molecular weight is 816 g/mol. The van der Waals surface area contributed by atoms with Crippen molar-refractivity contribution in [2.45, 2.75) is 5.41 Å². The highest BCUT2D eigenvalue weighted by Gasteiger charge is 2.52. The van der Waals surface area contributed by atoms with Crippen molar-refractivity contribution in [3.63, 3.8) is 0 Å². The molecule has 0 saturated carbocycles. The van der Waals surface area contributed by atoms with Gasteiger partial charge in [-0.2, -0.15) is 0 Å². The standard InChI is InChI=1S/C60H37N3O/c1-2-14-39(15-3-1)63-53-34-35-61-37-48(53)58-42(20-12-25-54(58)63)38-28-30-40(31-29-38)62(41-32-33-57-47(36-41)45-18-7-11-27-56(45)64-57)55-26-13-24-52-59(55)46-19-6-10-23-51(46)60(52)49-21-8-4-16-43(49)44-17-5-9-22-50(44)60/h1-37H. The predicted molar refractivity (Wildman–Crippen MR) is 262 cm³/mol. The Balaban J connectivity index is 1.01. The van der Waals surface area contributed by atoms with Gasteiger partial charge in [0.1, 0.15) is 11.2 Å². The van der Waals surface area contributed by atoms with Crippen LogP contribution in [0.4, 0.5) is 17.1 Å². The van der Waals surface area contributed by atoms with Crippen LogP contribution in [0, 0.1) is 0 Å². The normalized spacial score (nSPS) is 13.1. The van der Waals surface area contributed by atoms with Crippen molar-refractivity contribution >= 4 is 60.8 Å². The van der Waals surface area contributed by atoms with Gasteiger partial charge < -0.3 is 13.9 Å². The Kier molecular flexibility index (Phi) is 7.29. The van der Waals surface area contributed by atoms with E-state index in [1.165, 1.54) is 55.5 Å². The fourth-order valence-corrected chi connectivity index (χ4v) is 11.4. The Hall–Kier alpha value is -8.47. The molecule has 0 unspecified atom stereocenters. The van der Waals surface area contributed by atoms with Crippen LogP contribution in [0.3, 0.4) is 0 Å². The van der Waals surface area contributed by atoms with Crippen molar-refractivity contribution in [2.75, 3.05) is 4.90 Å². The number of benzene rings is 9. The van der Waals surface area contributed by atoms with Crippen molar-refractivity contribution < 1.29 is 4.42 Å². The number of furan rings is 1. The molecule has 14 rings (SSSR count). The van der Waals surface area contributed by atoms with E-state index >= 15 is 0 Å². The maximum absolute atomic E-state index is 6.38. The number of nitrogens with zero attached hydrogens (tertiary/aromatic N) is 3. The maximum Gasteiger partial charge on any atom is 0.135 e. The molecule has 0 aliphatic heterocycles. The van der Waals surface area contributed by atoms with Gasteiger partial charge in [0.25, 0.3) is 0 Å². The number of fused-ring (bicyclic) bond motifs is 16. The summed E-state index contributed by atoms with van der Waals surface area (Å²) in [7, 11) is 0. The fraction of sp³-hybridized carbons (Fsp3) is 0.0167. The number of pyridine rings is 1.